The first-order chi connectivity index (χ1) is 9.04. The Morgan fingerprint density at radius 1 is 1.21 bits per heavy atom. The highest BCUT2D eigenvalue weighted by molar-refractivity contribution is 5.66. The van der Waals surface area contributed by atoms with Crippen LogP contribution in [0.2, 0.25) is 0 Å². The fraction of sp³-hybridized carbons (Fsp3) is 0.438. The zero-order chi connectivity index (χ0) is 13.6. The molecule has 0 bridgehead atoms. The normalized spacial score (nSPS) is 22.3. The highest BCUT2D eigenvalue weighted by Gasteiger charge is 2.30. The highest BCUT2D eigenvalue weighted by atomic mass is 15.0. The second-order valence-electron chi connectivity index (χ2n) is 5.84. The molecular formula is C16H21N3. The van der Waals surface area contributed by atoms with Crippen molar-refractivity contribution in [1.82, 2.24) is 9.97 Å². The van der Waals surface area contributed by atoms with E-state index in [9.17, 15) is 0 Å². The maximum atomic E-state index is 5.86. The van der Waals surface area contributed by atoms with Gasteiger partial charge in [-0.2, -0.15) is 0 Å². The lowest BCUT2D eigenvalue weighted by Crippen LogP contribution is -2.35. The Balaban J connectivity index is 1.96. The largest absolute Gasteiger partial charge is 0.345 e. The molecule has 3 rings (SSSR count). The number of nitrogens with two attached hydrogens (primary N) is 1. The van der Waals surface area contributed by atoms with Crippen molar-refractivity contribution in [2.75, 3.05) is 0 Å². The number of rotatable bonds is 2. The van der Waals surface area contributed by atoms with Crippen molar-refractivity contribution in [3.8, 4) is 11.3 Å². The molecule has 0 aliphatic heterocycles. The van der Waals surface area contributed by atoms with Gasteiger partial charge >= 0.3 is 0 Å². The Labute approximate surface area is 114 Å². The van der Waals surface area contributed by atoms with Crippen LogP contribution in [-0.4, -0.2) is 16.0 Å². The van der Waals surface area contributed by atoms with Crippen LogP contribution in [0.4, 0.5) is 0 Å². The third-order valence-electron chi connectivity index (χ3n) is 4.10. The van der Waals surface area contributed by atoms with E-state index in [1.807, 2.05) is 0 Å². The summed E-state index contributed by atoms with van der Waals surface area (Å²) in [7, 11) is 0. The lowest BCUT2D eigenvalue weighted by molar-refractivity contribution is 0.340. The van der Waals surface area contributed by atoms with Gasteiger partial charge in [0.2, 0.25) is 0 Å². The summed E-state index contributed by atoms with van der Waals surface area (Å²) in [5.74, 6) is 1.63. The standard InChI is InChI=1S/C16H21N3/c1-9-4-5-14(10(2)6-9)15-11(3)18-16(19-15)12-7-13(17)8-12/h4-6,12-13H,7-8,17H2,1-3H3,(H,18,19). The minimum Gasteiger partial charge on any atom is -0.345 e. The fourth-order valence-electron chi connectivity index (χ4n) is 2.90. The maximum absolute atomic E-state index is 5.86. The molecule has 1 saturated carbocycles. The number of hydrogen-bond donors (Lipinski definition) is 2. The first-order valence-corrected chi connectivity index (χ1v) is 6.94. The van der Waals surface area contributed by atoms with Crippen LogP contribution in [0, 0.1) is 20.8 Å². The average Bonchev–Trinajstić information content (AvgIpc) is 2.67. The fourth-order valence-corrected chi connectivity index (χ4v) is 2.90. The molecular weight excluding hydrogens is 234 g/mol. The molecule has 1 fully saturated rings. The third-order valence-corrected chi connectivity index (χ3v) is 4.10. The lowest BCUT2D eigenvalue weighted by atomic mass is 9.80. The van der Waals surface area contributed by atoms with E-state index in [4.69, 9.17) is 10.7 Å². The Morgan fingerprint density at radius 2 is 1.95 bits per heavy atom. The Kier molecular flexibility index (Phi) is 2.94. The monoisotopic (exact) mass is 255 g/mol. The van der Waals surface area contributed by atoms with Gasteiger partial charge < -0.3 is 10.7 Å². The van der Waals surface area contributed by atoms with Gasteiger partial charge in [-0.05, 0) is 39.2 Å². The molecule has 3 N–H and O–H groups in total. The zero-order valence-electron chi connectivity index (χ0n) is 11.8. The second-order valence-corrected chi connectivity index (χ2v) is 5.84. The summed E-state index contributed by atoms with van der Waals surface area (Å²) < 4.78 is 0. The van der Waals surface area contributed by atoms with Crippen LogP contribution in [0.15, 0.2) is 18.2 Å². The van der Waals surface area contributed by atoms with Crippen molar-refractivity contribution in [3.05, 3.63) is 40.8 Å². The van der Waals surface area contributed by atoms with Gasteiger partial charge in [-0.3, -0.25) is 0 Å². The van der Waals surface area contributed by atoms with E-state index in [1.165, 1.54) is 16.7 Å². The summed E-state index contributed by atoms with van der Waals surface area (Å²) >= 11 is 0. The van der Waals surface area contributed by atoms with Gasteiger partial charge in [0, 0.05) is 23.2 Å². The number of H-pyrrole nitrogens is 1. The number of hydrogen-bond acceptors (Lipinski definition) is 2. The van der Waals surface area contributed by atoms with E-state index in [0.29, 0.717) is 12.0 Å². The van der Waals surface area contributed by atoms with E-state index in [-0.39, 0.29) is 0 Å². The van der Waals surface area contributed by atoms with Gasteiger partial charge in [0.1, 0.15) is 5.82 Å². The maximum Gasteiger partial charge on any atom is 0.110 e. The number of imidazole rings is 1. The molecule has 0 unspecified atom stereocenters. The van der Waals surface area contributed by atoms with Crippen molar-refractivity contribution in [1.29, 1.82) is 0 Å². The molecule has 0 amide bonds. The van der Waals surface area contributed by atoms with Crippen LogP contribution in [0.3, 0.4) is 0 Å². The van der Waals surface area contributed by atoms with E-state index in [0.717, 1.165) is 30.1 Å². The first kappa shape index (κ1) is 12.4. The van der Waals surface area contributed by atoms with Gasteiger partial charge in [0.05, 0.1) is 5.69 Å². The summed E-state index contributed by atoms with van der Waals surface area (Å²) in [6.45, 7) is 6.37. The Bertz CT molecular complexity index is 606. The van der Waals surface area contributed by atoms with Gasteiger partial charge in [0.25, 0.3) is 0 Å². The van der Waals surface area contributed by atoms with Crippen LogP contribution >= 0.6 is 0 Å². The molecule has 1 aromatic carbocycles. The topological polar surface area (TPSA) is 54.7 Å². The molecule has 1 heterocycles. The van der Waals surface area contributed by atoms with Crippen molar-refractivity contribution in [2.24, 2.45) is 5.73 Å². The van der Waals surface area contributed by atoms with E-state index < -0.39 is 0 Å². The summed E-state index contributed by atoms with van der Waals surface area (Å²) in [6.07, 6.45) is 2.11. The molecule has 1 aromatic heterocycles. The van der Waals surface area contributed by atoms with E-state index in [2.05, 4.69) is 44.0 Å². The first-order valence-electron chi connectivity index (χ1n) is 6.94. The lowest BCUT2D eigenvalue weighted by Gasteiger charge is -2.30. The number of nitrogens with zero attached hydrogens (tertiary/aromatic N) is 1. The Hall–Kier alpha value is -1.61. The quantitative estimate of drug-likeness (QED) is 0.865. The van der Waals surface area contributed by atoms with Gasteiger partial charge in [-0.25, -0.2) is 4.98 Å². The number of aryl methyl sites for hydroxylation is 3. The SMILES string of the molecule is Cc1ccc(-c2nc(C3CC(N)C3)[nH]c2C)c(C)c1. The molecule has 1 aliphatic rings. The van der Waals surface area contributed by atoms with Gasteiger partial charge in [0.15, 0.2) is 0 Å². The van der Waals surface area contributed by atoms with Gasteiger partial charge in [-0.15, -0.1) is 0 Å². The summed E-state index contributed by atoms with van der Waals surface area (Å²) in [5.41, 5.74) is 11.9. The predicted molar refractivity (Wildman–Crippen MR) is 78.2 cm³/mol. The minimum atomic E-state index is 0.361. The molecule has 0 atom stereocenters. The van der Waals surface area contributed by atoms with E-state index in [1.54, 1.807) is 0 Å². The van der Waals surface area contributed by atoms with E-state index >= 15 is 0 Å². The smallest absolute Gasteiger partial charge is 0.110 e. The average molecular weight is 255 g/mol. The molecule has 3 nitrogen and oxygen atoms in total. The molecule has 0 saturated heterocycles. The van der Waals surface area contributed by atoms with Crippen LogP contribution in [0.1, 0.15) is 41.4 Å². The van der Waals surface area contributed by atoms with Gasteiger partial charge in [-0.1, -0.05) is 23.8 Å². The molecule has 0 radical (unpaired) electrons. The molecule has 1 aliphatic carbocycles. The summed E-state index contributed by atoms with van der Waals surface area (Å²) in [4.78, 5) is 8.26. The van der Waals surface area contributed by atoms with Crippen molar-refractivity contribution in [3.63, 3.8) is 0 Å². The molecule has 100 valence electrons. The number of aromatic amines is 1. The van der Waals surface area contributed by atoms with Crippen molar-refractivity contribution < 1.29 is 0 Å². The predicted octanol–water partition coefficient (Wildman–Crippen LogP) is 3.21. The van der Waals surface area contributed by atoms with Crippen LogP contribution in [-0.2, 0) is 0 Å². The third kappa shape index (κ3) is 2.19. The van der Waals surface area contributed by atoms with Crippen LogP contribution in [0.5, 0.6) is 0 Å². The summed E-state index contributed by atoms with van der Waals surface area (Å²) in [5, 5.41) is 0. The number of aromatic nitrogens is 2. The van der Waals surface area contributed by atoms with Crippen LogP contribution < -0.4 is 5.73 Å². The van der Waals surface area contributed by atoms with Crippen LogP contribution in [0.25, 0.3) is 11.3 Å². The van der Waals surface area contributed by atoms with Crippen molar-refractivity contribution >= 4 is 0 Å². The minimum absolute atomic E-state index is 0.361. The number of nitrogens with one attached hydrogen (secondary N) is 1. The Morgan fingerprint density at radius 3 is 2.58 bits per heavy atom. The molecule has 19 heavy (non-hydrogen) atoms. The molecule has 3 heteroatoms. The van der Waals surface area contributed by atoms with Crippen molar-refractivity contribution in [2.45, 2.75) is 45.6 Å². The number of benzene rings is 1. The highest BCUT2D eigenvalue weighted by Crippen LogP contribution is 2.36. The summed E-state index contributed by atoms with van der Waals surface area (Å²) in [6, 6.07) is 6.89. The molecule has 2 aromatic rings. The molecule has 0 spiro atoms. The second kappa shape index (κ2) is 4.49. The zero-order valence-corrected chi connectivity index (χ0v) is 11.8.